The highest BCUT2D eigenvalue weighted by Crippen LogP contribution is 2.21. The molecule has 6 nitrogen and oxygen atoms in total. The fourth-order valence-electron chi connectivity index (χ4n) is 4.21. The molecule has 3 aromatic rings. The quantitative estimate of drug-likeness (QED) is 0.519. The zero-order valence-electron chi connectivity index (χ0n) is 19.9. The first kappa shape index (κ1) is 24.6. The van der Waals surface area contributed by atoms with Crippen LogP contribution in [-0.2, 0) is 9.59 Å². The summed E-state index contributed by atoms with van der Waals surface area (Å²) in [7, 11) is 0. The second-order valence-electron chi connectivity index (χ2n) is 8.88. The van der Waals surface area contributed by atoms with E-state index in [-0.39, 0.29) is 30.2 Å². The van der Waals surface area contributed by atoms with E-state index in [1.807, 2.05) is 25.1 Å². The third-order valence-electron chi connectivity index (χ3n) is 6.22. The van der Waals surface area contributed by atoms with Crippen molar-refractivity contribution in [3.8, 4) is 11.1 Å². The normalized spacial score (nSPS) is 15.4. The third kappa shape index (κ3) is 7.21. The topological polar surface area (TPSA) is 64.7 Å². The van der Waals surface area contributed by atoms with Crippen LogP contribution < -0.4 is 10.6 Å². The van der Waals surface area contributed by atoms with E-state index in [0.29, 0.717) is 25.3 Å². The first-order chi connectivity index (χ1) is 17.0. The third-order valence-corrected chi connectivity index (χ3v) is 6.22. The SMILES string of the molecule is C[C@@H](NC(=O)CN1CCN(CC(=O)Nc2ccc(F)cc2)CC1)c1ccc(-c2ccccc2)cc1. The van der Waals surface area contributed by atoms with Gasteiger partial charge in [-0.05, 0) is 47.9 Å². The van der Waals surface area contributed by atoms with Gasteiger partial charge in [0.2, 0.25) is 11.8 Å². The molecule has 2 amide bonds. The molecule has 0 spiro atoms. The van der Waals surface area contributed by atoms with Gasteiger partial charge in [0.05, 0.1) is 19.1 Å². The second-order valence-corrected chi connectivity index (χ2v) is 8.88. The van der Waals surface area contributed by atoms with E-state index >= 15 is 0 Å². The lowest BCUT2D eigenvalue weighted by Crippen LogP contribution is -2.51. The van der Waals surface area contributed by atoms with Gasteiger partial charge in [-0.2, -0.15) is 0 Å². The first-order valence-corrected chi connectivity index (χ1v) is 11.9. The Kier molecular flexibility index (Phi) is 8.23. The molecule has 7 heteroatoms. The van der Waals surface area contributed by atoms with Crippen LogP contribution in [0.25, 0.3) is 11.1 Å². The molecule has 1 saturated heterocycles. The number of rotatable bonds is 8. The Balaban J connectivity index is 1.18. The average molecular weight is 475 g/mol. The lowest BCUT2D eigenvalue weighted by Gasteiger charge is -2.34. The van der Waals surface area contributed by atoms with E-state index in [0.717, 1.165) is 24.2 Å². The molecule has 0 aliphatic carbocycles. The maximum Gasteiger partial charge on any atom is 0.238 e. The maximum atomic E-state index is 13.0. The molecule has 0 saturated carbocycles. The summed E-state index contributed by atoms with van der Waals surface area (Å²) in [5.41, 5.74) is 3.96. The minimum atomic E-state index is -0.335. The van der Waals surface area contributed by atoms with Gasteiger partial charge in [-0.25, -0.2) is 4.39 Å². The lowest BCUT2D eigenvalue weighted by atomic mass is 10.0. The van der Waals surface area contributed by atoms with Gasteiger partial charge in [0.1, 0.15) is 5.82 Å². The number of hydrogen-bond acceptors (Lipinski definition) is 4. The van der Waals surface area contributed by atoms with Crippen LogP contribution in [-0.4, -0.2) is 60.9 Å². The first-order valence-electron chi connectivity index (χ1n) is 11.9. The van der Waals surface area contributed by atoms with Crippen molar-refractivity contribution in [1.29, 1.82) is 0 Å². The van der Waals surface area contributed by atoms with Crippen molar-refractivity contribution in [2.45, 2.75) is 13.0 Å². The molecule has 0 unspecified atom stereocenters. The molecule has 0 radical (unpaired) electrons. The van der Waals surface area contributed by atoms with Crippen molar-refractivity contribution >= 4 is 17.5 Å². The average Bonchev–Trinajstić information content (AvgIpc) is 2.87. The number of carbonyl (C=O) groups excluding carboxylic acids is 2. The molecule has 1 atom stereocenters. The molecular weight excluding hydrogens is 443 g/mol. The highest BCUT2D eigenvalue weighted by atomic mass is 19.1. The molecule has 1 aliphatic rings. The van der Waals surface area contributed by atoms with Gasteiger partial charge >= 0.3 is 0 Å². The summed E-state index contributed by atoms with van der Waals surface area (Å²) >= 11 is 0. The number of halogens is 1. The van der Waals surface area contributed by atoms with Gasteiger partial charge in [-0.3, -0.25) is 19.4 Å². The number of nitrogens with zero attached hydrogens (tertiary/aromatic N) is 2. The van der Waals surface area contributed by atoms with Gasteiger partial charge in [-0.1, -0.05) is 54.6 Å². The predicted molar refractivity (Wildman–Crippen MR) is 136 cm³/mol. The summed E-state index contributed by atoms with van der Waals surface area (Å²) in [6, 6.07) is 24.1. The van der Waals surface area contributed by atoms with Crippen molar-refractivity contribution in [3.05, 3.63) is 90.2 Å². The molecule has 0 bridgehead atoms. The summed E-state index contributed by atoms with van der Waals surface area (Å²) in [6.07, 6.45) is 0. The standard InChI is InChI=1S/C28H31FN4O2/c1-21(22-7-9-24(10-8-22)23-5-3-2-4-6-23)30-27(34)19-32-15-17-33(18-16-32)20-28(35)31-26-13-11-25(29)12-14-26/h2-14,21H,15-20H2,1H3,(H,30,34)(H,31,35)/t21-/m1/s1. The van der Waals surface area contributed by atoms with E-state index in [4.69, 9.17) is 0 Å². The molecule has 182 valence electrons. The molecule has 1 fully saturated rings. The Morgan fingerprint density at radius 3 is 1.91 bits per heavy atom. The van der Waals surface area contributed by atoms with Gasteiger partial charge in [0, 0.05) is 31.9 Å². The second kappa shape index (κ2) is 11.7. The molecule has 4 rings (SSSR count). The van der Waals surface area contributed by atoms with Gasteiger partial charge in [0.15, 0.2) is 0 Å². The highest BCUT2D eigenvalue weighted by Gasteiger charge is 2.21. The van der Waals surface area contributed by atoms with Gasteiger partial charge in [-0.15, -0.1) is 0 Å². The lowest BCUT2D eigenvalue weighted by molar-refractivity contribution is -0.124. The fourth-order valence-corrected chi connectivity index (χ4v) is 4.21. The molecular formula is C28H31FN4O2. The minimum Gasteiger partial charge on any atom is -0.348 e. The van der Waals surface area contributed by atoms with Crippen LogP contribution in [0.1, 0.15) is 18.5 Å². The van der Waals surface area contributed by atoms with E-state index < -0.39 is 0 Å². The minimum absolute atomic E-state index is 0.00728. The van der Waals surface area contributed by atoms with Crippen LogP contribution in [0.5, 0.6) is 0 Å². The Labute approximate surface area is 205 Å². The number of piperazine rings is 1. The maximum absolute atomic E-state index is 13.0. The van der Waals surface area contributed by atoms with Crippen LogP contribution in [0, 0.1) is 5.82 Å². The van der Waals surface area contributed by atoms with Crippen LogP contribution in [0.2, 0.25) is 0 Å². The molecule has 0 aromatic heterocycles. The summed E-state index contributed by atoms with van der Waals surface area (Å²) < 4.78 is 13.0. The van der Waals surface area contributed by atoms with E-state index in [1.165, 1.54) is 17.7 Å². The van der Waals surface area contributed by atoms with Crippen molar-refractivity contribution < 1.29 is 14.0 Å². The number of benzene rings is 3. The van der Waals surface area contributed by atoms with Crippen LogP contribution in [0.15, 0.2) is 78.9 Å². The number of anilines is 1. The van der Waals surface area contributed by atoms with Crippen molar-refractivity contribution in [1.82, 2.24) is 15.1 Å². The molecule has 1 heterocycles. The van der Waals surface area contributed by atoms with Crippen molar-refractivity contribution in [2.24, 2.45) is 0 Å². The van der Waals surface area contributed by atoms with Crippen molar-refractivity contribution in [3.63, 3.8) is 0 Å². The molecule has 1 aliphatic heterocycles. The van der Waals surface area contributed by atoms with Crippen LogP contribution in [0.3, 0.4) is 0 Å². The summed E-state index contributed by atoms with van der Waals surface area (Å²) in [5.74, 6) is -0.472. The Morgan fingerprint density at radius 1 is 0.771 bits per heavy atom. The van der Waals surface area contributed by atoms with E-state index in [2.05, 4.69) is 56.8 Å². The number of hydrogen-bond donors (Lipinski definition) is 2. The van der Waals surface area contributed by atoms with E-state index in [1.54, 1.807) is 12.1 Å². The summed E-state index contributed by atoms with van der Waals surface area (Å²) in [4.78, 5) is 29.0. The number of amides is 2. The van der Waals surface area contributed by atoms with Crippen LogP contribution >= 0.6 is 0 Å². The zero-order chi connectivity index (χ0) is 24.6. The Bertz CT molecular complexity index is 1110. The Morgan fingerprint density at radius 2 is 1.31 bits per heavy atom. The predicted octanol–water partition coefficient (Wildman–Crippen LogP) is 3.93. The van der Waals surface area contributed by atoms with Crippen LogP contribution in [0.4, 0.5) is 10.1 Å². The largest absolute Gasteiger partial charge is 0.348 e. The molecule has 35 heavy (non-hydrogen) atoms. The smallest absolute Gasteiger partial charge is 0.238 e. The van der Waals surface area contributed by atoms with Crippen molar-refractivity contribution in [2.75, 3.05) is 44.6 Å². The summed E-state index contributed by atoms with van der Waals surface area (Å²) in [5, 5.41) is 5.88. The Hall–Kier alpha value is -3.55. The monoisotopic (exact) mass is 474 g/mol. The fraction of sp³-hybridized carbons (Fsp3) is 0.286. The van der Waals surface area contributed by atoms with E-state index in [9.17, 15) is 14.0 Å². The van der Waals surface area contributed by atoms with Gasteiger partial charge < -0.3 is 10.6 Å². The molecule has 2 N–H and O–H groups in total. The highest BCUT2D eigenvalue weighted by molar-refractivity contribution is 5.92. The van der Waals surface area contributed by atoms with Gasteiger partial charge in [0.25, 0.3) is 0 Å². The zero-order valence-corrected chi connectivity index (χ0v) is 19.9. The number of nitrogens with one attached hydrogen (secondary N) is 2. The summed E-state index contributed by atoms with van der Waals surface area (Å²) in [6.45, 7) is 5.46. The number of carbonyl (C=O) groups is 2. The molecule has 3 aromatic carbocycles.